The van der Waals surface area contributed by atoms with Crippen LogP contribution in [0.1, 0.15) is 16.1 Å². The number of hydrogen-bond donors (Lipinski definition) is 2. The van der Waals surface area contributed by atoms with Crippen molar-refractivity contribution in [1.29, 1.82) is 0 Å². The van der Waals surface area contributed by atoms with E-state index in [1.807, 2.05) is 0 Å². The van der Waals surface area contributed by atoms with E-state index in [1.165, 1.54) is 16.2 Å². The van der Waals surface area contributed by atoms with Crippen molar-refractivity contribution in [3.8, 4) is 0 Å². The molecule has 8 heteroatoms. The second kappa shape index (κ2) is 6.29. The third kappa shape index (κ3) is 3.64. The Labute approximate surface area is 118 Å². The van der Waals surface area contributed by atoms with Crippen LogP contribution in [0.2, 0.25) is 0 Å². The molecular formula is C12H13N3O4S. The van der Waals surface area contributed by atoms with Crippen molar-refractivity contribution in [3.05, 3.63) is 22.4 Å². The molecule has 0 aliphatic carbocycles. The molecule has 1 aromatic rings. The van der Waals surface area contributed by atoms with Crippen LogP contribution in [-0.2, 0) is 14.4 Å². The summed E-state index contributed by atoms with van der Waals surface area (Å²) in [6.45, 7) is -0.0746. The van der Waals surface area contributed by atoms with Crippen molar-refractivity contribution in [2.75, 3.05) is 19.6 Å². The van der Waals surface area contributed by atoms with E-state index in [2.05, 4.69) is 10.6 Å². The summed E-state index contributed by atoms with van der Waals surface area (Å²) in [4.78, 5) is 47.4. The SMILES string of the molecule is O=C1CN(C(=O)CCNC(=O)c2cccs2)CC(=O)N1. The molecule has 0 atom stereocenters. The summed E-state index contributed by atoms with van der Waals surface area (Å²) in [6, 6.07) is 3.46. The lowest BCUT2D eigenvalue weighted by molar-refractivity contribution is -0.145. The largest absolute Gasteiger partial charge is 0.351 e. The molecule has 7 nitrogen and oxygen atoms in total. The Balaban J connectivity index is 1.76. The number of hydrogen-bond acceptors (Lipinski definition) is 5. The molecular weight excluding hydrogens is 282 g/mol. The fourth-order valence-electron chi connectivity index (χ4n) is 1.75. The number of imide groups is 1. The van der Waals surface area contributed by atoms with Crippen molar-refractivity contribution in [2.24, 2.45) is 0 Å². The standard InChI is InChI=1S/C12H13N3O4S/c16-9-6-15(7-10(17)14-9)11(18)3-4-13-12(19)8-2-1-5-20-8/h1-2,5H,3-4,6-7H2,(H,13,19)(H,14,16,17). The topological polar surface area (TPSA) is 95.6 Å². The Morgan fingerprint density at radius 3 is 2.60 bits per heavy atom. The fraction of sp³-hybridized carbons (Fsp3) is 0.333. The molecule has 0 aromatic carbocycles. The van der Waals surface area contributed by atoms with Crippen LogP contribution in [0.3, 0.4) is 0 Å². The zero-order chi connectivity index (χ0) is 14.5. The summed E-state index contributed by atoms with van der Waals surface area (Å²) in [5.41, 5.74) is 0. The molecule has 1 aliphatic rings. The third-order valence-corrected chi connectivity index (χ3v) is 3.54. The van der Waals surface area contributed by atoms with Crippen molar-refractivity contribution in [3.63, 3.8) is 0 Å². The minimum absolute atomic E-state index is 0.0532. The average molecular weight is 295 g/mol. The van der Waals surface area contributed by atoms with Gasteiger partial charge in [0.1, 0.15) is 13.1 Å². The summed E-state index contributed by atoms with van der Waals surface area (Å²) < 4.78 is 0. The molecule has 1 aromatic heterocycles. The third-order valence-electron chi connectivity index (χ3n) is 2.67. The maximum absolute atomic E-state index is 11.8. The second-order valence-electron chi connectivity index (χ2n) is 4.20. The zero-order valence-corrected chi connectivity index (χ0v) is 11.4. The monoisotopic (exact) mass is 295 g/mol. The van der Waals surface area contributed by atoms with Gasteiger partial charge in [-0.15, -0.1) is 11.3 Å². The van der Waals surface area contributed by atoms with Crippen LogP contribution in [0.4, 0.5) is 0 Å². The molecule has 106 valence electrons. The van der Waals surface area contributed by atoms with Gasteiger partial charge in [-0.3, -0.25) is 24.5 Å². The van der Waals surface area contributed by atoms with Gasteiger partial charge in [0, 0.05) is 13.0 Å². The van der Waals surface area contributed by atoms with Gasteiger partial charge in [-0.25, -0.2) is 0 Å². The van der Waals surface area contributed by atoms with Gasteiger partial charge in [0.25, 0.3) is 5.91 Å². The molecule has 0 spiro atoms. The summed E-state index contributed by atoms with van der Waals surface area (Å²) in [6.07, 6.45) is 0.0532. The first kappa shape index (κ1) is 14.2. The molecule has 2 heterocycles. The Hall–Kier alpha value is -2.22. The lowest BCUT2D eigenvalue weighted by Gasteiger charge is -2.25. The Morgan fingerprint density at radius 1 is 1.30 bits per heavy atom. The number of nitrogens with zero attached hydrogens (tertiary/aromatic N) is 1. The van der Waals surface area contributed by atoms with Gasteiger partial charge >= 0.3 is 0 Å². The Kier molecular flexibility index (Phi) is 4.46. The van der Waals surface area contributed by atoms with Gasteiger partial charge in [-0.2, -0.15) is 0 Å². The maximum Gasteiger partial charge on any atom is 0.261 e. The molecule has 1 aliphatic heterocycles. The molecule has 0 radical (unpaired) electrons. The van der Waals surface area contributed by atoms with Crippen molar-refractivity contribution in [1.82, 2.24) is 15.5 Å². The second-order valence-corrected chi connectivity index (χ2v) is 5.15. The highest BCUT2D eigenvalue weighted by Gasteiger charge is 2.25. The number of carbonyl (C=O) groups excluding carboxylic acids is 4. The first-order chi connectivity index (χ1) is 9.56. The molecule has 1 saturated heterocycles. The number of piperazine rings is 1. The molecule has 0 unspecified atom stereocenters. The van der Waals surface area contributed by atoms with Crippen LogP contribution in [0.15, 0.2) is 17.5 Å². The van der Waals surface area contributed by atoms with E-state index in [0.29, 0.717) is 4.88 Å². The van der Waals surface area contributed by atoms with Gasteiger partial charge in [0.05, 0.1) is 4.88 Å². The first-order valence-electron chi connectivity index (χ1n) is 5.98. The number of carbonyl (C=O) groups is 4. The molecule has 2 rings (SSSR count). The number of nitrogens with one attached hydrogen (secondary N) is 2. The van der Waals surface area contributed by atoms with E-state index in [4.69, 9.17) is 0 Å². The number of thiophene rings is 1. The molecule has 2 N–H and O–H groups in total. The predicted molar refractivity (Wildman–Crippen MR) is 71.0 cm³/mol. The molecule has 0 saturated carbocycles. The van der Waals surface area contributed by atoms with Gasteiger partial charge in [0.2, 0.25) is 17.7 Å². The smallest absolute Gasteiger partial charge is 0.261 e. The van der Waals surface area contributed by atoms with Crippen LogP contribution >= 0.6 is 11.3 Å². The van der Waals surface area contributed by atoms with Gasteiger partial charge in [0.15, 0.2) is 0 Å². The van der Waals surface area contributed by atoms with E-state index >= 15 is 0 Å². The van der Waals surface area contributed by atoms with Gasteiger partial charge < -0.3 is 10.2 Å². The fourth-order valence-corrected chi connectivity index (χ4v) is 2.39. The molecule has 20 heavy (non-hydrogen) atoms. The van der Waals surface area contributed by atoms with Gasteiger partial charge in [-0.05, 0) is 11.4 Å². The average Bonchev–Trinajstić information content (AvgIpc) is 2.91. The van der Waals surface area contributed by atoms with E-state index in [9.17, 15) is 19.2 Å². The predicted octanol–water partition coefficient (Wildman–Crippen LogP) is -0.647. The van der Waals surface area contributed by atoms with E-state index in [-0.39, 0.29) is 37.9 Å². The molecule has 4 amide bonds. The first-order valence-corrected chi connectivity index (χ1v) is 6.86. The Morgan fingerprint density at radius 2 is 2.00 bits per heavy atom. The van der Waals surface area contributed by atoms with Crippen LogP contribution in [0.25, 0.3) is 0 Å². The van der Waals surface area contributed by atoms with Crippen LogP contribution in [0.5, 0.6) is 0 Å². The lowest BCUT2D eigenvalue weighted by atomic mass is 10.3. The zero-order valence-electron chi connectivity index (χ0n) is 10.5. The minimum atomic E-state index is -0.489. The van der Waals surface area contributed by atoms with Crippen LogP contribution < -0.4 is 10.6 Å². The van der Waals surface area contributed by atoms with Crippen molar-refractivity contribution in [2.45, 2.75) is 6.42 Å². The van der Waals surface area contributed by atoms with E-state index < -0.39 is 11.8 Å². The quantitative estimate of drug-likeness (QED) is 0.722. The highest BCUT2D eigenvalue weighted by Crippen LogP contribution is 2.07. The summed E-state index contributed by atoms with van der Waals surface area (Å²) in [7, 11) is 0. The highest BCUT2D eigenvalue weighted by molar-refractivity contribution is 7.12. The van der Waals surface area contributed by atoms with E-state index in [0.717, 1.165) is 0 Å². The summed E-state index contributed by atoms with van der Waals surface area (Å²) in [5, 5.41) is 6.52. The normalized spacial score (nSPS) is 14.9. The van der Waals surface area contributed by atoms with Crippen LogP contribution in [-0.4, -0.2) is 48.2 Å². The maximum atomic E-state index is 11.8. The summed E-state index contributed by atoms with van der Waals surface area (Å²) in [5.74, 6) is -1.55. The number of amides is 4. The van der Waals surface area contributed by atoms with E-state index in [1.54, 1.807) is 17.5 Å². The lowest BCUT2D eigenvalue weighted by Crippen LogP contribution is -2.53. The molecule has 1 fully saturated rings. The van der Waals surface area contributed by atoms with Crippen molar-refractivity contribution >= 4 is 35.0 Å². The molecule has 0 bridgehead atoms. The summed E-state index contributed by atoms with van der Waals surface area (Å²) >= 11 is 1.31. The van der Waals surface area contributed by atoms with Crippen LogP contribution in [0, 0.1) is 0 Å². The minimum Gasteiger partial charge on any atom is -0.351 e. The number of rotatable bonds is 4. The highest BCUT2D eigenvalue weighted by atomic mass is 32.1. The Bertz CT molecular complexity index is 525. The van der Waals surface area contributed by atoms with Crippen molar-refractivity contribution < 1.29 is 19.2 Å². The van der Waals surface area contributed by atoms with Gasteiger partial charge in [-0.1, -0.05) is 6.07 Å².